The lowest BCUT2D eigenvalue weighted by Crippen LogP contribution is -2.49. The molecule has 1 saturated heterocycles. The summed E-state index contributed by atoms with van der Waals surface area (Å²) in [4.78, 5) is 21.4. The minimum absolute atomic E-state index is 0.110. The van der Waals surface area contributed by atoms with Crippen molar-refractivity contribution in [1.29, 1.82) is 0 Å². The Kier molecular flexibility index (Phi) is 5.36. The fourth-order valence-corrected chi connectivity index (χ4v) is 3.80. The molecule has 31 heavy (non-hydrogen) atoms. The number of alkyl halides is 3. The number of anilines is 1. The summed E-state index contributed by atoms with van der Waals surface area (Å²) in [7, 11) is 0. The van der Waals surface area contributed by atoms with Crippen LogP contribution in [0, 0.1) is 6.92 Å². The molecular weight excluding hydrogens is 409 g/mol. The normalized spacial score (nSPS) is 15.2. The average Bonchev–Trinajstić information content (AvgIpc) is 3.13. The van der Waals surface area contributed by atoms with Crippen molar-refractivity contribution in [3.63, 3.8) is 0 Å². The number of fused-ring (bicyclic) bond motifs is 1. The van der Waals surface area contributed by atoms with Gasteiger partial charge in [0.25, 0.3) is 11.6 Å². The van der Waals surface area contributed by atoms with Gasteiger partial charge in [-0.15, -0.1) is 0 Å². The lowest BCUT2D eigenvalue weighted by atomic mass is 10.0. The molecule has 3 aromatic rings. The van der Waals surface area contributed by atoms with E-state index in [2.05, 4.69) is 10.1 Å². The molecule has 0 aliphatic carbocycles. The van der Waals surface area contributed by atoms with Crippen LogP contribution in [0.2, 0.25) is 0 Å². The fourth-order valence-electron chi connectivity index (χ4n) is 3.80. The number of nitrogens with zero attached hydrogens (tertiary/aromatic N) is 4. The molecule has 0 saturated carbocycles. The van der Waals surface area contributed by atoms with E-state index in [0.717, 1.165) is 17.8 Å². The zero-order chi connectivity index (χ0) is 22.3. The molecule has 4 rings (SSSR count). The summed E-state index contributed by atoms with van der Waals surface area (Å²) in [6.07, 6.45) is -4.38. The van der Waals surface area contributed by atoms with Gasteiger partial charge in [0.05, 0.1) is 22.2 Å². The Bertz CT molecular complexity index is 1120. The van der Waals surface area contributed by atoms with Crippen LogP contribution in [0.5, 0.6) is 0 Å². The predicted molar refractivity (Wildman–Crippen MR) is 110 cm³/mol. The number of piperazine rings is 1. The van der Waals surface area contributed by atoms with E-state index < -0.39 is 11.7 Å². The molecule has 0 N–H and O–H groups in total. The molecule has 164 valence electrons. The van der Waals surface area contributed by atoms with E-state index in [1.54, 1.807) is 24.0 Å². The van der Waals surface area contributed by atoms with Crippen LogP contribution in [0.1, 0.15) is 47.1 Å². The number of benzene rings is 1. The second-order valence-corrected chi connectivity index (χ2v) is 8.02. The van der Waals surface area contributed by atoms with Gasteiger partial charge in [-0.1, -0.05) is 25.1 Å². The molecule has 0 unspecified atom stereocenters. The smallest absolute Gasteiger partial charge is 0.368 e. The number of amides is 1. The molecular formula is C22H23F3N4O2. The van der Waals surface area contributed by atoms with Crippen LogP contribution < -0.4 is 4.90 Å². The Hall–Kier alpha value is -3.10. The van der Waals surface area contributed by atoms with Crippen LogP contribution >= 0.6 is 0 Å². The van der Waals surface area contributed by atoms with Gasteiger partial charge in [0.1, 0.15) is 0 Å². The Morgan fingerprint density at radius 1 is 1.13 bits per heavy atom. The molecule has 1 aromatic carbocycles. The second kappa shape index (κ2) is 7.86. The highest BCUT2D eigenvalue weighted by Crippen LogP contribution is 2.32. The van der Waals surface area contributed by atoms with Gasteiger partial charge in [0, 0.05) is 37.6 Å². The summed E-state index contributed by atoms with van der Waals surface area (Å²) in [5.74, 6) is -0.0385. The molecule has 1 aliphatic heterocycles. The van der Waals surface area contributed by atoms with Gasteiger partial charge in [-0.2, -0.15) is 13.2 Å². The predicted octanol–water partition coefficient (Wildman–Crippen LogP) is 4.64. The van der Waals surface area contributed by atoms with Crippen LogP contribution in [-0.2, 0) is 6.18 Å². The monoisotopic (exact) mass is 432 g/mol. The summed E-state index contributed by atoms with van der Waals surface area (Å²) < 4.78 is 44.4. The van der Waals surface area contributed by atoms with Crippen LogP contribution in [0.3, 0.4) is 0 Å². The molecule has 9 heteroatoms. The summed E-state index contributed by atoms with van der Waals surface area (Å²) in [6.45, 7) is 7.44. The summed E-state index contributed by atoms with van der Waals surface area (Å²) in [5.41, 5.74) is 2.02. The van der Waals surface area contributed by atoms with E-state index in [4.69, 9.17) is 4.52 Å². The highest BCUT2D eigenvalue weighted by molar-refractivity contribution is 6.06. The maximum Gasteiger partial charge on any atom is 0.416 e. The van der Waals surface area contributed by atoms with Crippen molar-refractivity contribution in [2.45, 2.75) is 32.9 Å². The van der Waals surface area contributed by atoms with Crippen molar-refractivity contribution in [2.75, 3.05) is 31.1 Å². The van der Waals surface area contributed by atoms with Gasteiger partial charge in [-0.25, -0.2) is 4.98 Å². The number of rotatable bonds is 3. The fraction of sp³-hybridized carbons (Fsp3) is 0.409. The van der Waals surface area contributed by atoms with Crippen molar-refractivity contribution in [3.8, 4) is 0 Å². The van der Waals surface area contributed by atoms with Crippen molar-refractivity contribution < 1.29 is 22.5 Å². The number of aryl methyl sites for hydroxylation is 1. The number of hydrogen-bond donors (Lipinski definition) is 0. The van der Waals surface area contributed by atoms with Gasteiger partial charge in [0.2, 0.25) is 0 Å². The Morgan fingerprint density at radius 3 is 2.48 bits per heavy atom. The maximum atomic E-state index is 13.3. The van der Waals surface area contributed by atoms with Crippen molar-refractivity contribution in [2.24, 2.45) is 0 Å². The van der Waals surface area contributed by atoms with E-state index in [-0.39, 0.29) is 11.8 Å². The van der Waals surface area contributed by atoms with E-state index >= 15 is 0 Å². The Balaban J connectivity index is 1.55. The van der Waals surface area contributed by atoms with E-state index in [0.29, 0.717) is 54.2 Å². The van der Waals surface area contributed by atoms with Crippen LogP contribution in [0.15, 0.2) is 34.9 Å². The standard InChI is InChI=1S/C22H23F3N4O2/c1-13(2)18-12-17(19-14(3)27-31-20(19)26-18)21(30)29-9-7-28(8-10-29)16-6-4-5-15(11-16)22(23,24)25/h4-6,11-13H,7-10H2,1-3H3. The summed E-state index contributed by atoms with van der Waals surface area (Å²) in [5, 5.41) is 4.56. The van der Waals surface area contributed by atoms with Crippen molar-refractivity contribution >= 4 is 22.7 Å². The van der Waals surface area contributed by atoms with Crippen molar-refractivity contribution in [1.82, 2.24) is 15.0 Å². The SMILES string of the molecule is Cc1noc2nc(C(C)C)cc(C(=O)N3CCN(c4cccc(C(F)(F)F)c4)CC3)c12. The molecule has 0 bridgehead atoms. The van der Waals surface area contributed by atoms with E-state index in [9.17, 15) is 18.0 Å². The largest absolute Gasteiger partial charge is 0.416 e. The van der Waals surface area contributed by atoms with Crippen molar-refractivity contribution in [3.05, 3.63) is 52.8 Å². The topological polar surface area (TPSA) is 62.5 Å². The molecule has 0 spiro atoms. The van der Waals surface area contributed by atoms with Gasteiger partial charge < -0.3 is 14.3 Å². The molecule has 6 nitrogen and oxygen atoms in total. The van der Waals surface area contributed by atoms with Crippen LogP contribution in [0.4, 0.5) is 18.9 Å². The molecule has 0 radical (unpaired) electrons. The number of hydrogen-bond acceptors (Lipinski definition) is 5. The third-order valence-electron chi connectivity index (χ3n) is 5.56. The Labute approximate surface area is 177 Å². The van der Waals surface area contributed by atoms with Gasteiger partial charge in [0.15, 0.2) is 0 Å². The number of carbonyl (C=O) groups excluding carboxylic acids is 1. The average molecular weight is 432 g/mol. The zero-order valence-corrected chi connectivity index (χ0v) is 17.5. The number of carbonyl (C=O) groups is 1. The third kappa shape index (κ3) is 4.08. The molecule has 0 atom stereocenters. The summed E-state index contributed by atoms with van der Waals surface area (Å²) >= 11 is 0. The molecule has 1 aliphatic rings. The number of pyridine rings is 1. The van der Waals surface area contributed by atoms with Crippen LogP contribution in [-0.4, -0.2) is 47.1 Å². The highest BCUT2D eigenvalue weighted by Gasteiger charge is 2.32. The Morgan fingerprint density at radius 2 is 1.84 bits per heavy atom. The van der Waals surface area contributed by atoms with Gasteiger partial charge in [-0.3, -0.25) is 4.79 Å². The van der Waals surface area contributed by atoms with E-state index in [1.807, 2.05) is 18.7 Å². The molecule has 1 amide bonds. The zero-order valence-electron chi connectivity index (χ0n) is 17.5. The van der Waals surface area contributed by atoms with E-state index in [1.165, 1.54) is 6.07 Å². The third-order valence-corrected chi connectivity index (χ3v) is 5.56. The number of aromatic nitrogens is 2. The minimum Gasteiger partial charge on any atom is -0.368 e. The molecule has 1 fully saturated rings. The summed E-state index contributed by atoms with van der Waals surface area (Å²) in [6, 6.07) is 7.07. The number of halogens is 3. The quantitative estimate of drug-likeness (QED) is 0.604. The maximum absolute atomic E-state index is 13.3. The second-order valence-electron chi connectivity index (χ2n) is 8.02. The first-order valence-electron chi connectivity index (χ1n) is 10.1. The van der Waals surface area contributed by atoms with Gasteiger partial charge >= 0.3 is 6.18 Å². The first-order chi connectivity index (χ1) is 14.6. The first kappa shape index (κ1) is 21.1. The highest BCUT2D eigenvalue weighted by atomic mass is 19.4. The molecule has 2 aromatic heterocycles. The lowest BCUT2D eigenvalue weighted by molar-refractivity contribution is -0.137. The molecule has 3 heterocycles. The lowest BCUT2D eigenvalue weighted by Gasteiger charge is -2.36. The first-order valence-corrected chi connectivity index (χ1v) is 10.1. The van der Waals surface area contributed by atoms with Crippen LogP contribution in [0.25, 0.3) is 11.1 Å². The minimum atomic E-state index is -4.38. The van der Waals surface area contributed by atoms with Gasteiger partial charge in [-0.05, 0) is 37.1 Å².